The molecular weight excluding hydrogens is 317 g/mol. The average Bonchev–Trinajstić information content (AvgIpc) is 3.20. The highest BCUT2D eigenvalue weighted by Gasteiger charge is 2.57. The summed E-state index contributed by atoms with van der Waals surface area (Å²) < 4.78 is 0. The molecule has 0 spiro atoms. The molecule has 5 nitrogen and oxygen atoms in total. The van der Waals surface area contributed by atoms with E-state index >= 15 is 0 Å². The van der Waals surface area contributed by atoms with Crippen LogP contribution in [0.25, 0.3) is 0 Å². The Morgan fingerprint density at radius 3 is 2.43 bits per heavy atom. The minimum Gasteiger partial charge on any atom is -0.481 e. The van der Waals surface area contributed by atoms with Gasteiger partial charge >= 0.3 is 11.9 Å². The molecule has 21 heavy (non-hydrogen) atoms. The van der Waals surface area contributed by atoms with E-state index in [0.29, 0.717) is 22.9 Å². The summed E-state index contributed by atoms with van der Waals surface area (Å²) in [5, 5.41) is 19.1. The van der Waals surface area contributed by atoms with Crippen molar-refractivity contribution in [2.45, 2.75) is 24.8 Å². The maximum Gasteiger partial charge on any atom is 0.324 e. The molecule has 0 aromatic heterocycles. The Morgan fingerprint density at radius 1 is 1.29 bits per heavy atom. The second kappa shape index (κ2) is 5.83. The average molecular weight is 332 g/mol. The van der Waals surface area contributed by atoms with E-state index in [2.05, 4.69) is 0 Å². The van der Waals surface area contributed by atoms with E-state index in [4.69, 9.17) is 34.0 Å². The first kappa shape index (κ1) is 16.1. The summed E-state index contributed by atoms with van der Waals surface area (Å²) in [4.78, 5) is 22.4. The molecule has 2 rings (SSSR count). The lowest BCUT2D eigenvalue weighted by Crippen LogP contribution is -2.51. The van der Waals surface area contributed by atoms with Crippen molar-refractivity contribution in [2.75, 3.05) is 0 Å². The molecular formula is C14H15Cl2NO4. The lowest BCUT2D eigenvalue weighted by molar-refractivity contribution is -0.145. The summed E-state index contributed by atoms with van der Waals surface area (Å²) in [6.45, 7) is 0. The van der Waals surface area contributed by atoms with Gasteiger partial charge in [-0.3, -0.25) is 9.59 Å². The zero-order valence-corrected chi connectivity index (χ0v) is 12.6. The third-order valence-electron chi connectivity index (χ3n) is 3.98. The molecule has 7 heteroatoms. The van der Waals surface area contributed by atoms with Gasteiger partial charge < -0.3 is 15.9 Å². The fourth-order valence-corrected chi connectivity index (χ4v) is 2.86. The highest BCUT2D eigenvalue weighted by Crippen LogP contribution is 2.47. The second-order valence-corrected chi connectivity index (χ2v) is 6.20. The van der Waals surface area contributed by atoms with Crippen LogP contribution < -0.4 is 5.73 Å². The largest absolute Gasteiger partial charge is 0.481 e. The van der Waals surface area contributed by atoms with Gasteiger partial charge in [-0.1, -0.05) is 29.3 Å². The van der Waals surface area contributed by atoms with E-state index in [9.17, 15) is 14.7 Å². The first-order chi connectivity index (χ1) is 9.75. The number of hydrogen-bond donors (Lipinski definition) is 3. The molecule has 1 aromatic rings. The van der Waals surface area contributed by atoms with E-state index in [1.54, 1.807) is 18.2 Å². The van der Waals surface area contributed by atoms with E-state index in [0.717, 1.165) is 5.56 Å². The summed E-state index contributed by atoms with van der Waals surface area (Å²) in [6, 6.07) is 5.04. The fraction of sp³-hybridized carbons (Fsp3) is 0.429. The molecule has 1 fully saturated rings. The van der Waals surface area contributed by atoms with Crippen molar-refractivity contribution < 1.29 is 19.8 Å². The predicted molar refractivity (Wildman–Crippen MR) is 78.6 cm³/mol. The van der Waals surface area contributed by atoms with Crippen LogP contribution in [0.3, 0.4) is 0 Å². The Balaban J connectivity index is 2.09. The molecule has 1 saturated carbocycles. The second-order valence-electron chi connectivity index (χ2n) is 5.38. The number of aliphatic carboxylic acids is 2. The van der Waals surface area contributed by atoms with E-state index < -0.39 is 29.3 Å². The van der Waals surface area contributed by atoms with Crippen molar-refractivity contribution in [3.63, 3.8) is 0 Å². The number of halogens is 2. The highest BCUT2D eigenvalue weighted by molar-refractivity contribution is 6.42. The van der Waals surface area contributed by atoms with Crippen LogP contribution in [0, 0.1) is 11.8 Å². The van der Waals surface area contributed by atoms with Crippen molar-refractivity contribution in [3.8, 4) is 0 Å². The molecule has 0 heterocycles. The summed E-state index contributed by atoms with van der Waals surface area (Å²) in [7, 11) is 0. The number of aryl methyl sites for hydroxylation is 1. The fourth-order valence-electron chi connectivity index (χ4n) is 2.53. The van der Waals surface area contributed by atoms with E-state index in [1.807, 2.05) is 0 Å². The molecule has 0 aliphatic heterocycles. The van der Waals surface area contributed by atoms with Gasteiger partial charge in [0, 0.05) is 5.92 Å². The van der Waals surface area contributed by atoms with Gasteiger partial charge in [0.1, 0.15) is 5.54 Å². The summed E-state index contributed by atoms with van der Waals surface area (Å²) in [5.74, 6) is -3.36. The lowest BCUT2D eigenvalue weighted by Gasteiger charge is -2.25. The number of rotatable bonds is 6. The van der Waals surface area contributed by atoms with Crippen LogP contribution in [-0.4, -0.2) is 27.7 Å². The third-order valence-corrected chi connectivity index (χ3v) is 4.72. The molecule has 1 aromatic carbocycles. The van der Waals surface area contributed by atoms with Crippen LogP contribution in [0.15, 0.2) is 18.2 Å². The molecule has 1 aliphatic carbocycles. The molecule has 4 N–H and O–H groups in total. The SMILES string of the molecule is NC(CCc1ccc(Cl)c(Cl)c1)(C(=O)O)[C@H]1C[C@@H]1C(=O)O. The molecule has 0 amide bonds. The predicted octanol–water partition coefficient (Wildman–Crippen LogP) is 2.43. The van der Waals surface area contributed by atoms with Gasteiger partial charge in [0.2, 0.25) is 0 Å². The standard InChI is InChI=1S/C14H15Cl2NO4/c15-10-2-1-7(5-11(10)16)3-4-14(17,13(20)21)9-6-8(9)12(18)19/h1-2,5,8-9H,3-4,6,17H2,(H,18,19)(H,20,21)/t8-,9-,14?/m0/s1. The smallest absolute Gasteiger partial charge is 0.324 e. The maximum atomic E-state index is 11.4. The van der Waals surface area contributed by atoms with Crippen LogP contribution in [0.1, 0.15) is 18.4 Å². The molecule has 0 bridgehead atoms. The topological polar surface area (TPSA) is 101 Å². The van der Waals surface area contributed by atoms with Crippen LogP contribution in [0.4, 0.5) is 0 Å². The van der Waals surface area contributed by atoms with Gasteiger partial charge in [-0.15, -0.1) is 0 Å². The number of benzene rings is 1. The minimum absolute atomic E-state index is 0.148. The minimum atomic E-state index is -1.53. The molecule has 0 saturated heterocycles. The Kier molecular flexibility index (Phi) is 4.46. The van der Waals surface area contributed by atoms with Gasteiger partial charge in [-0.25, -0.2) is 0 Å². The van der Waals surface area contributed by atoms with Crippen LogP contribution >= 0.6 is 23.2 Å². The molecule has 0 radical (unpaired) electrons. The number of nitrogens with two attached hydrogens (primary N) is 1. The third kappa shape index (κ3) is 3.31. The lowest BCUT2D eigenvalue weighted by atomic mass is 9.86. The summed E-state index contributed by atoms with van der Waals surface area (Å²) in [5.41, 5.74) is 5.25. The number of carboxylic acids is 2. The summed E-state index contributed by atoms with van der Waals surface area (Å²) in [6.07, 6.45) is 0.844. The Hall–Kier alpha value is -1.30. The van der Waals surface area contributed by atoms with Crippen LogP contribution in [-0.2, 0) is 16.0 Å². The van der Waals surface area contributed by atoms with Crippen LogP contribution in [0.2, 0.25) is 10.0 Å². The van der Waals surface area contributed by atoms with E-state index in [-0.39, 0.29) is 6.42 Å². The van der Waals surface area contributed by atoms with Crippen molar-refractivity contribution in [3.05, 3.63) is 33.8 Å². The number of carbonyl (C=O) groups is 2. The van der Waals surface area contributed by atoms with Gasteiger partial charge in [-0.05, 0) is 37.0 Å². The van der Waals surface area contributed by atoms with Crippen molar-refractivity contribution in [1.82, 2.24) is 0 Å². The zero-order chi connectivity index (χ0) is 15.8. The van der Waals surface area contributed by atoms with Crippen LogP contribution in [0.5, 0.6) is 0 Å². The maximum absolute atomic E-state index is 11.4. The zero-order valence-electron chi connectivity index (χ0n) is 11.1. The Bertz CT molecular complexity index is 592. The van der Waals surface area contributed by atoms with Gasteiger partial charge in [-0.2, -0.15) is 0 Å². The Labute approximate surface area is 131 Å². The van der Waals surface area contributed by atoms with Gasteiger partial charge in [0.25, 0.3) is 0 Å². The normalized spacial score (nSPS) is 23.4. The monoisotopic (exact) mass is 331 g/mol. The highest BCUT2D eigenvalue weighted by atomic mass is 35.5. The molecule has 114 valence electrons. The number of hydrogen-bond acceptors (Lipinski definition) is 3. The van der Waals surface area contributed by atoms with Crippen molar-refractivity contribution in [1.29, 1.82) is 0 Å². The van der Waals surface area contributed by atoms with Gasteiger partial charge in [0.15, 0.2) is 0 Å². The van der Waals surface area contributed by atoms with Gasteiger partial charge in [0.05, 0.1) is 16.0 Å². The molecule has 3 atom stereocenters. The Morgan fingerprint density at radius 2 is 1.95 bits per heavy atom. The molecule has 1 aliphatic rings. The summed E-state index contributed by atoms with van der Waals surface area (Å²) >= 11 is 11.7. The van der Waals surface area contributed by atoms with Crippen molar-refractivity contribution in [2.24, 2.45) is 17.6 Å². The van der Waals surface area contributed by atoms with E-state index in [1.165, 1.54) is 0 Å². The first-order valence-electron chi connectivity index (χ1n) is 6.44. The quantitative estimate of drug-likeness (QED) is 0.743. The first-order valence-corrected chi connectivity index (χ1v) is 7.20. The molecule has 1 unspecified atom stereocenters. The number of carboxylic acid groups (broad SMARTS) is 2. The van der Waals surface area contributed by atoms with Crippen molar-refractivity contribution >= 4 is 35.1 Å².